The second-order valence-corrected chi connectivity index (χ2v) is 3.25. The Labute approximate surface area is 92.9 Å². The summed E-state index contributed by atoms with van der Waals surface area (Å²) < 4.78 is 5.11. The molecule has 0 radical (unpaired) electrons. The number of rotatable bonds is 2. The summed E-state index contributed by atoms with van der Waals surface area (Å²) in [5.74, 6) is 0.137. The number of phenolic OH excluding ortho intramolecular Hbond substituents is 1. The molecule has 0 atom stereocenters. The van der Waals surface area contributed by atoms with Gasteiger partial charge in [-0.05, 0) is 36.4 Å². The van der Waals surface area contributed by atoms with E-state index in [-0.39, 0.29) is 5.75 Å². The van der Waals surface area contributed by atoms with Crippen molar-refractivity contribution in [2.24, 2.45) is 0 Å². The minimum absolute atomic E-state index is 0.138. The molecule has 0 aliphatic heterocycles. The summed E-state index contributed by atoms with van der Waals surface area (Å²) in [4.78, 5) is 11.6. The standard InChI is InChI=1S/C13H10O3/c14-11-6-8-12(9-7-11)16-13(15)10-4-2-1-3-5-10/h1-9,14H. The van der Waals surface area contributed by atoms with Crippen LogP contribution in [0.2, 0.25) is 0 Å². The molecular formula is C13H10O3. The van der Waals surface area contributed by atoms with Gasteiger partial charge in [-0.15, -0.1) is 0 Å². The van der Waals surface area contributed by atoms with Gasteiger partial charge < -0.3 is 9.84 Å². The smallest absolute Gasteiger partial charge is 0.343 e. The summed E-state index contributed by atoms with van der Waals surface area (Å²) in [6, 6.07) is 14.7. The Morgan fingerprint density at radius 2 is 1.56 bits per heavy atom. The van der Waals surface area contributed by atoms with Gasteiger partial charge in [0, 0.05) is 0 Å². The van der Waals surface area contributed by atoms with Crippen molar-refractivity contribution in [3.05, 3.63) is 60.2 Å². The van der Waals surface area contributed by atoms with Gasteiger partial charge in [0.05, 0.1) is 5.56 Å². The van der Waals surface area contributed by atoms with Crippen LogP contribution < -0.4 is 4.74 Å². The van der Waals surface area contributed by atoms with E-state index in [9.17, 15) is 4.79 Å². The first-order valence-corrected chi connectivity index (χ1v) is 4.82. The number of carbonyl (C=O) groups is 1. The largest absolute Gasteiger partial charge is 0.508 e. The fraction of sp³-hybridized carbons (Fsp3) is 0. The molecule has 0 aromatic heterocycles. The van der Waals surface area contributed by atoms with Crippen LogP contribution in [0.15, 0.2) is 54.6 Å². The summed E-state index contributed by atoms with van der Waals surface area (Å²) >= 11 is 0. The van der Waals surface area contributed by atoms with Crippen LogP contribution in [-0.2, 0) is 0 Å². The van der Waals surface area contributed by atoms with Gasteiger partial charge in [-0.25, -0.2) is 4.79 Å². The first-order chi connectivity index (χ1) is 7.75. The predicted molar refractivity (Wildman–Crippen MR) is 59.5 cm³/mol. The molecule has 0 amide bonds. The van der Waals surface area contributed by atoms with Crippen LogP contribution in [-0.4, -0.2) is 11.1 Å². The van der Waals surface area contributed by atoms with E-state index in [1.54, 1.807) is 24.3 Å². The lowest BCUT2D eigenvalue weighted by atomic mass is 10.2. The second-order valence-electron chi connectivity index (χ2n) is 3.25. The molecule has 0 unspecified atom stereocenters. The SMILES string of the molecule is O=C(Oc1ccc(O)cc1)c1ccccc1. The van der Waals surface area contributed by atoms with Gasteiger partial charge in [0.2, 0.25) is 0 Å². The molecular weight excluding hydrogens is 204 g/mol. The Bertz CT molecular complexity index is 474. The van der Waals surface area contributed by atoms with Gasteiger partial charge in [0.15, 0.2) is 0 Å². The van der Waals surface area contributed by atoms with Crippen molar-refractivity contribution in [3.63, 3.8) is 0 Å². The lowest BCUT2D eigenvalue weighted by Gasteiger charge is -2.03. The molecule has 16 heavy (non-hydrogen) atoms. The van der Waals surface area contributed by atoms with E-state index >= 15 is 0 Å². The maximum absolute atomic E-state index is 11.6. The van der Waals surface area contributed by atoms with Gasteiger partial charge in [-0.1, -0.05) is 18.2 Å². The van der Waals surface area contributed by atoms with Crippen molar-refractivity contribution in [2.45, 2.75) is 0 Å². The van der Waals surface area contributed by atoms with E-state index in [1.807, 2.05) is 6.07 Å². The lowest BCUT2D eigenvalue weighted by molar-refractivity contribution is 0.0734. The van der Waals surface area contributed by atoms with Crippen LogP contribution in [0.25, 0.3) is 0 Å². The van der Waals surface area contributed by atoms with Gasteiger partial charge in [0.1, 0.15) is 11.5 Å². The number of esters is 1. The zero-order valence-electron chi connectivity index (χ0n) is 8.46. The highest BCUT2D eigenvalue weighted by Gasteiger charge is 2.06. The molecule has 0 saturated carbocycles. The van der Waals surface area contributed by atoms with Gasteiger partial charge in [-0.3, -0.25) is 0 Å². The Kier molecular flexibility index (Phi) is 2.87. The molecule has 0 aliphatic rings. The molecule has 0 spiro atoms. The Morgan fingerprint density at radius 1 is 0.938 bits per heavy atom. The molecule has 80 valence electrons. The topological polar surface area (TPSA) is 46.5 Å². The highest BCUT2D eigenvalue weighted by molar-refractivity contribution is 5.90. The van der Waals surface area contributed by atoms with Crippen molar-refractivity contribution >= 4 is 5.97 Å². The number of phenols is 1. The minimum atomic E-state index is -0.411. The van der Waals surface area contributed by atoms with Crippen LogP contribution in [0.1, 0.15) is 10.4 Å². The quantitative estimate of drug-likeness (QED) is 0.617. The van der Waals surface area contributed by atoms with Crippen LogP contribution in [0.3, 0.4) is 0 Å². The first-order valence-electron chi connectivity index (χ1n) is 4.82. The molecule has 3 heteroatoms. The highest BCUT2D eigenvalue weighted by atomic mass is 16.5. The number of carbonyl (C=O) groups excluding carboxylic acids is 1. The average Bonchev–Trinajstić information content (AvgIpc) is 2.33. The van der Waals surface area contributed by atoms with Crippen molar-refractivity contribution in [2.75, 3.05) is 0 Å². The number of benzene rings is 2. The van der Waals surface area contributed by atoms with E-state index in [0.29, 0.717) is 11.3 Å². The third-order valence-corrected chi connectivity index (χ3v) is 2.06. The summed E-state index contributed by atoms with van der Waals surface area (Å²) in [6.07, 6.45) is 0. The molecule has 2 aromatic rings. The number of hydrogen-bond donors (Lipinski definition) is 1. The molecule has 1 N–H and O–H groups in total. The van der Waals surface area contributed by atoms with Crippen molar-refractivity contribution in [3.8, 4) is 11.5 Å². The Morgan fingerprint density at radius 3 is 2.19 bits per heavy atom. The summed E-state index contributed by atoms with van der Waals surface area (Å²) in [5.41, 5.74) is 0.496. The van der Waals surface area contributed by atoms with Crippen LogP contribution in [0.4, 0.5) is 0 Å². The van der Waals surface area contributed by atoms with Gasteiger partial charge in [0.25, 0.3) is 0 Å². The predicted octanol–water partition coefficient (Wildman–Crippen LogP) is 2.61. The number of hydrogen-bond acceptors (Lipinski definition) is 3. The third kappa shape index (κ3) is 2.39. The highest BCUT2D eigenvalue weighted by Crippen LogP contribution is 2.17. The molecule has 0 heterocycles. The van der Waals surface area contributed by atoms with Crippen LogP contribution in [0.5, 0.6) is 11.5 Å². The zero-order chi connectivity index (χ0) is 11.4. The fourth-order valence-corrected chi connectivity index (χ4v) is 1.25. The van der Waals surface area contributed by atoms with E-state index < -0.39 is 5.97 Å². The molecule has 2 aromatic carbocycles. The monoisotopic (exact) mass is 214 g/mol. The summed E-state index contributed by atoms with van der Waals surface area (Å²) in [6.45, 7) is 0. The summed E-state index contributed by atoms with van der Waals surface area (Å²) in [7, 11) is 0. The van der Waals surface area contributed by atoms with Crippen LogP contribution >= 0.6 is 0 Å². The van der Waals surface area contributed by atoms with Crippen molar-refractivity contribution in [1.29, 1.82) is 0 Å². The number of aromatic hydroxyl groups is 1. The molecule has 0 aliphatic carbocycles. The third-order valence-electron chi connectivity index (χ3n) is 2.06. The van der Waals surface area contributed by atoms with E-state index in [0.717, 1.165) is 0 Å². The normalized spacial score (nSPS) is 9.75. The number of ether oxygens (including phenoxy) is 1. The molecule has 0 saturated heterocycles. The van der Waals surface area contributed by atoms with E-state index in [2.05, 4.69) is 0 Å². The average molecular weight is 214 g/mol. The Balaban J connectivity index is 2.11. The van der Waals surface area contributed by atoms with E-state index in [4.69, 9.17) is 9.84 Å². The molecule has 3 nitrogen and oxygen atoms in total. The molecule has 0 fully saturated rings. The van der Waals surface area contributed by atoms with Crippen LogP contribution in [0, 0.1) is 0 Å². The fourth-order valence-electron chi connectivity index (χ4n) is 1.25. The Hall–Kier alpha value is -2.29. The lowest BCUT2D eigenvalue weighted by Crippen LogP contribution is -2.07. The van der Waals surface area contributed by atoms with Gasteiger partial charge >= 0.3 is 5.97 Å². The zero-order valence-corrected chi connectivity index (χ0v) is 8.46. The summed E-state index contributed by atoms with van der Waals surface area (Å²) in [5, 5.41) is 9.07. The first kappa shape index (κ1) is 10.2. The molecule has 0 bridgehead atoms. The molecule has 2 rings (SSSR count). The maximum Gasteiger partial charge on any atom is 0.343 e. The maximum atomic E-state index is 11.6. The van der Waals surface area contributed by atoms with E-state index in [1.165, 1.54) is 24.3 Å². The second kappa shape index (κ2) is 4.49. The van der Waals surface area contributed by atoms with Gasteiger partial charge in [-0.2, -0.15) is 0 Å². The van der Waals surface area contributed by atoms with Crippen molar-refractivity contribution < 1.29 is 14.6 Å². The minimum Gasteiger partial charge on any atom is -0.508 e. The van der Waals surface area contributed by atoms with Crippen molar-refractivity contribution in [1.82, 2.24) is 0 Å².